The second-order valence-electron chi connectivity index (χ2n) is 3.97. The quantitative estimate of drug-likeness (QED) is 0.811. The third-order valence-corrected chi connectivity index (χ3v) is 3.49. The van der Waals surface area contributed by atoms with Gasteiger partial charge in [-0.05, 0) is 24.1 Å². The fraction of sp³-hybridized carbons (Fsp3) is 0.538. The van der Waals surface area contributed by atoms with Crippen molar-refractivity contribution < 1.29 is 8.95 Å². The molecule has 2 unspecified atom stereocenters. The smallest absolute Gasteiger partial charge is 0.118 e. The summed E-state index contributed by atoms with van der Waals surface area (Å²) in [4.78, 5) is 0. The molecule has 0 aliphatic rings. The lowest BCUT2D eigenvalue weighted by molar-refractivity contribution is 0.414. The first-order valence-corrected chi connectivity index (χ1v) is 7.57. The molecule has 3 nitrogen and oxygen atoms in total. The first kappa shape index (κ1) is 14.2. The molecule has 1 N–H and O–H groups in total. The van der Waals surface area contributed by atoms with Crippen LogP contribution in [0, 0.1) is 0 Å². The molecule has 0 aromatic heterocycles. The SMILES string of the molecule is CCC(NCCS(C)=O)c1ccc(OC)cc1. The third kappa shape index (κ3) is 4.88. The Morgan fingerprint density at radius 1 is 1.35 bits per heavy atom. The van der Waals surface area contributed by atoms with Gasteiger partial charge in [0, 0.05) is 35.4 Å². The molecule has 1 aromatic carbocycles. The average molecular weight is 255 g/mol. The summed E-state index contributed by atoms with van der Waals surface area (Å²) in [6, 6.07) is 8.41. The summed E-state index contributed by atoms with van der Waals surface area (Å²) in [7, 11) is 0.940. The number of ether oxygens (including phenoxy) is 1. The molecule has 0 bridgehead atoms. The van der Waals surface area contributed by atoms with Crippen LogP contribution in [0.4, 0.5) is 0 Å². The highest BCUT2D eigenvalue weighted by Crippen LogP contribution is 2.19. The highest BCUT2D eigenvalue weighted by Gasteiger charge is 2.08. The summed E-state index contributed by atoms with van der Waals surface area (Å²) < 4.78 is 16.1. The molecule has 0 radical (unpaired) electrons. The van der Waals surface area contributed by atoms with E-state index in [-0.39, 0.29) is 0 Å². The maximum Gasteiger partial charge on any atom is 0.118 e. The lowest BCUT2D eigenvalue weighted by atomic mass is 10.0. The number of nitrogens with one attached hydrogen (secondary N) is 1. The minimum absolute atomic E-state index is 0.324. The van der Waals surface area contributed by atoms with Crippen LogP contribution in [-0.2, 0) is 10.8 Å². The highest BCUT2D eigenvalue weighted by molar-refractivity contribution is 7.84. The predicted molar refractivity (Wildman–Crippen MR) is 73.0 cm³/mol. The van der Waals surface area contributed by atoms with Crippen molar-refractivity contribution in [1.82, 2.24) is 5.32 Å². The standard InChI is InChI=1S/C13H21NO2S/c1-4-13(14-9-10-17(3)15)11-5-7-12(16-2)8-6-11/h5-8,13-14H,4,9-10H2,1-3H3. The van der Waals surface area contributed by atoms with E-state index < -0.39 is 10.8 Å². The summed E-state index contributed by atoms with van der Waals surface area (Å²) >= 11 is 0. The molecule has 2 atom stereocenters. The van der Waals surface area contributed by atoms with Crippen LogP contribution in [0.2, 0.25) is 0 Å². The van der Waals surface area contributed by atoms with Crippen molar-refractivity contribution in [2.24, 2.45) is 0 Å². The van der Waals surface area contributed by atoms with Gasteiger partial charge in [-0.2, -0.15) is 0 Å². The Kier molecular flexibility index (Phi) is 6.22. The van der Waals surface area contributed by atoms with Gasteiger partial charge < -0.3 is 10.1 Å². The van der Waals surface area contributed by atoms with E-state index in [1.54, 1.807) is 13.4 Å². The zero-order valence-corrected chi connectivity index (χ0v) is 11.5. The van der Waals surface area contributed by atoms with Crippen LogP contribution in [0.3, 0.4) is 0 Å². The maximum atomic E-state index is 11.0. The van der Waals surface area contributed by atoms with Gasteiger partial charge in [0.2, 0.25) is 0 Å². The molecular formula is C13H21NO2S. The molecule has 17 heavy (non-hydrogen) atoms. The van der Waals surface area contributed by atoms with Gasteiger partial charge in [-0.3, -0.25) is 4.21 Å². The van der Waals surface area contributed by atoms with Crippen LogP contribution >= 0.6 is 0 Å². The van der Waals surface area contributed by atoms with Gasteiger partial charge in [-0.1, -0.05) is 19.1 Å². The Labute approximate surface area is 106 Å². The van der Waals surface area contributed by atoms with E-state index in [9.17, 15) is 4.21 Å². The minimum Gasteiger partial charge on any atom is -0.497 e. The van der Waals surface area contributed by atoms with E-state index in [1.807, 2.05) is 12.1 Å². The van der Waals surface area contributed by atoms with E-state index in [0.29, 0.717) is 11.8 Å². The van der Waals surface area contributed by atoms with Gasteiger partial charge in [0.05, 0.1) is 7.11 Å². The molecule has 0 aliphatic carbocycles. The average Bonchev–Trinajstić information content (AvgIpc) is 2.34. The fourth-order valence-corrected chi connectivity index (χ4v) is 2.12. The van der Waals surface area contributed by atoms with Gasteiger partial charge in [0.15, 0.2) is 0 Å². The van der Waals surface area contributed by atoms with Crippen molar-refractivity contribution in [3.05, 3.63) is 29.8 Å². The second-order valence-corrected chi connectivity index (χ2v) is 5.52. The van der Waals surface area contributed by atoms with Crippen LogP contribution in [0.1, 0.15) is 24.9 Å². The highest BCUT2D eigenvalue weighted by atomic mass is 32.2. The Hall–Kier alpha value is -0.870. The van der Waals surface area contributed by atoms with E-state index in [0.717, 1.165) is 18.7 Å². The molecule has 0 saturated heterocycles. The number of hydrogen-bond donors (Lipinski definition) is 1. The first-order chi connectivity index (χ1) is 8.17. The van der Waals surface area contributed by atoms with Gasteiger partial charge in [0.1, 0.15) is 5.75 Å². The van der Waals surface area contributed by atoms with Crippen LogP contribution in [0.15, 0.2) is 24.3 Å². The number of hydrogen-bond acceptors (Lipinski definition) is 3. The maximum absolute atomic E-state index is 11.0. The summed E-state index contributed by atoms with van der Waals surface area (Å²) in [5, 5.41) is 3.42. The van der Waals surface area contributed by atoms with Gasteiger partial charge in [-0.15, -0.1) is 0 Å². The zero-order chi connectivity index (χ0) is 12.7. The minimum atomic E-state index is -0.728. The van der Waals surface area contributed by atoms with Crippen LogP contribution in [0.25, 0.3) is 0 Å². The van der Waals surface area contributed by atoms with Crippen molar-refractivity contribution >= 4 is 10.8 Å². The Morgan fingerprint density at radius 2 is 2.00 bits per heavy atom. The topological polar surface area (TPSA) is 38.3 Å². The molecule has 4 heteroatoms. The Bertz CT molecular complexity index is 351. The Balaban J connectivity index is 2.56. The van der Waals surface area contributed by atoms with Crippen molar-refractivity contribution in [3.8, 4) is 5.75 Å². The zero-order valence-electron chi connectivity index (χ0n) is 10.7. The largest absolute Gasteiger partial charge is 0.497 e. The van der Waals surface area contributed by atoms with Gasteiger partial charge in [-0.25, -0.2) is 0 Å². The lowest BCUT2D eigenvalue weighted by Crippen LogP contribution is -2.25. The molecule has 1 rings (SSSR count). The fourth-order valence-electron chi connectivity index (χ4n) is 1.71. The van der Waals surface area contributed by atoms with Crippen molar-refractivity contribution in [2.45, 2.75) is 19.4 Å². The third-order valence-electron chi connectivity index (χ3n) is 2.71. The van der Waals surface area contributed by atoms with Crippen LogP contribution in [0.5, 0.6) is 5.75 Å². The summed E-state index contributed by atoms with van der Waals surface area (Å²) in [5.41, 5.74) is 1.25. The normalized spacial score (nSPS) is 14.3. The lowest BCUT2D eigenvalue weighted by Gasteiger charge is -2.17. The molecule has 0 fully saturated rings. The monoisotopic (exact) mass is 255 g/mol. The number of methoxy groups -OCH3 is 1. The van der Waals surface area contributed by atoms with Crippen LogP contribution < -0.4 is 10.1 Å². The number of rotatable bonds is 7. The van der Waals surface area contributed by atoms with Crippen molar-refractivity contribution in [1.29, 1.82) is 0 Å². The molecule has 96 valence electrons. The van der Waals surface area contributed by atoms with Gasteiger partial charge >= 0.3 is 0 Å². The van der Waals surface area contributed by atoms with E-state index >= 15 is 0 Å². The van der Waals surface area contributed by atoms with Gasteiger partial charge in [0.25, 0.3) is 0 Å². The molecule has 0 saturated carbocycles. The Morgan fingerprint density at radius 3 is 2.47 bits per heavy atom. The summed E-state index contributed by atoms with van der Waals surface area (Å²) in [5.74, 6) is 1.57. The van der Waals surface area contributed by atoms with Crippen molar-refractivity contribution in [2.75, 3.05) is 25.7 Å². The molecular weight excluding hydrogens is 234 g/mol. The molecule has 0 spiro atoms. The molecule has 0 heterocycles. The van der Waals surface area contributed by atoms with E-state index in [1.165, 1.54) is 5.56 Å². The number of benzene rings is 1. The summed E-state index contributed by atoms with van der Waals surface area (Å²) in [6.45, 7) is 2.93. The van der Waals surface area contributed by atoms with Crippen molar-refractivity contribution in [3.63, 3.8) is 0 Å². The first-order valence-electron chi connectivity index (χ1n) is 5.84. The van der Waals surface area contributed by atoms with Crippen LogP contribution in [-0.4, -0.2) is 29.9 Å². The predicted octanol–water partition coefficient (Wildman–Crippen LogP) is 2.11. The van der Waals surface area contributed by atoms with E-state index in [2.05, 4.69) is 24.4 Å². The molecule has 0 amide bonds. The molecule has 1 aromatic rings. The van der Waals surface area contributed by atoms with E-state index in [4.69, 9.17) is 4.74 Å². The summed E-state index contributed by atoms with van der Waals surface area (Å²) in [6.07, 6.45) is 2.75. The second kappa shape index (κ2) is 7.45. The molecule has 0 aliphatic heterocycles.